The minimum atomic E-state index is -0.553. The Bertz CT molecular complexity index is 596. The molecule has 92 valence electrons. The second-order valence-electron chi connectivity index (χ2n) is 3.57. The third-order valence-electron chi connectivity index (χ3n) is 2.38. The molecule has 1 aromatic carbocycles. The van der Waals surface area contributed by atoms with Crippen LogP contribution in [0.5, 0.6) is 0 Å². The van der Waals surface area contributed by atoms with E-state index in [1.165, 1.54) is 41.5 Å². The lowest BCUT2D eigenvalue weighted by molar-refractivity contribution is -0.385. The number of carbonyl (C=O) groups excluding carboxylic acids is 1. The van der Waals surface area contributed by atoms with Crippen molar-refractivity contribution in [3.8, 4) is 0 Å². The summed E-state index contributed by atoms with van der Waals surface area (Å²) in [7, 11) is 0. The summed E-state index contributed by atoms with van der Waals surface area (Å²) in [6.45, 7) is 0. The topological polar surface area (TPSA) is 78.0 Å². The van der Waals surface area contributed by atoms with Crippen molar-refractivity contribution in [2.75, 3.05) is 0 Å². The Kier molecular flexibility index (Phi) is 3.38. The van der Waals surface area contributed by atoms with Crippen LogP contribution in [0.2, 0.25) is 5.02 Å². The van der Waals surface area contributed by atoms with Crippen LogP contribution in [0, 0.1) is 10.1 Å². The highest BCUT2D eigenvalue weighted by atomic mass is 35.5. The van der Waals surface area contributed by atoms with Crippen molar-refractivity contribution in [3.63, 3.8) is 0 Å². The fourth-order valence-electron chi connectivity index (χ4n) is 1.52. The molecule has 0 atom stereocenters. The van der Waals surface area contributed by atoms with Crippen LogP contribution in [0.15, 0.2) is 36.9 Å². The van der Waals surface area contributed by atoms with Gasteiger partial charge in [-0.1, -0.05) is 17.7 Å². The number of hydrogen-bond acceptors (Lipinski definition) is 4. The highest BCUT2D eigenvalue weighted by molar-refractivity contribution is 6.30. The van der Waals surface area contributed by atoms with Gasteiger partial charge in [0.2, 0.25) is 5.91 Å². The summed E-state index contributed by atoms with van der Waals surface area (Å²) in [5, 5.41) is 11.1. The SMILES string of the molecule is O=C(Cc1ccc(Cl)cc1[N+](=O)[O-])n1ccnc1. The van der Waals surface area contributed by atoms with E-state index in [0.29, 0.717) is 5.56 Å². The average Bonchev–Trinajstić information content (AvgIpc) is 2.84. The third kappa shape index (κ3) is 2.54. The molecule has 0 radical (unpaired) electrons. The van der Waals surface area contributed by atoms with Gasteiger partial charge in [0.05, 0.1) is 11.3 Å². The predicted octanol–water partition coefficient (Wildman–Crippen LogP) is 2.33. The van der Waals surface area contributed by atoms with Crippen molar-refractivity contribution in [1.29, 1.82) is 0 Å². The Morgan fingerprint density at radius 3 is 2.89 bits per heavy atom. The van der Waals surface area contributed by atoms with Crippen molar-refractivity contribution in [1.82, 2.24) is 9.55 Å². The van der Waals surface area contributed by atoms with Gasteiger partial charge in [-0.15, -0.1) is 0 Å². The summed E-state index contributed by atoms with van der Waals surface area (Å²) in [4.78, 5) is 25.9. The van der Waals surface area contributed by atoms with E-state index < -0.39 is 4.92 Å². The Balaban J connectivity index is 2.29. The quantitative estimate of drug-likeness (QED) is 0.630. The minimum Gasteiger partial charge on any atom is -0.276 e. The monoisotopic (exact) mass is 265 g/mol. The molecule has 0 unspecified atom stereocenters. The highest BCUT2D eigenvalue weighted by Crippen LogP contribution is 2.23. The molecule has 0 amide bonds. The van der Waals surface area contributed by atoms with E-state index in [2.05, 4.69) is 4.98 Å². The lowest BCUT2D eigenvalue weighted by Crippen LogP contribution is -2.12. The van der Waals surface area contributed by atoms with Crippen molar-refractivity contribution in [2.45, 2.75) is 6.42 Å². The van der Waals surface area contributed by atoms with Gasteiger partial charge in [-0.05, 0) is 6.07 Å². The Labute approximate surface area is 107 Å². The molecule has 6 nitrogen and oxygen atoms in total. The van der Waals surface area contributed by atoms with Gasteiger partial charge in [-0.2, -0.15) is 0 Å². The second-order valence-corrected chi connectivity index (χ2v) is 4.01. The smallest absolute Gasteiger partial charge is 0.274 e. The summed E-state index contributed by atoms with van der Waals surface area (Å²) < 4.78 is 1.28. The fraction of sp³-hybridized carbons (Fsp3) is 0.0909. The van der Waals surface area contributed by atoms with E-state index in [4.69, 9.17) is 11.6 Å². The molecule has 0 saturated carbocycles. The van der Waals surface area contributed by atoms with Gasteiger partial charge < -0.3 is 0 Å². The molecule has 2 rings (SSSR count). The average molecular weight is 266 g/mol. The first kappa shape index (κ1) is 12.3. The third-order valence-corrected chi connectivity index (χ3v) is 2.61. The zero-order valence-electron chi connectivity index (χ0n) is 9.12. The molecule has 0 aliphatic carbocycles. The maximum atomic E-state index is 11.8. The second kappa shape index (κ2) is 4.97. The lowest BCUT2D eigenvalue weighted by atomic mass is 10.1. The van der Waals surface area contributed by atoms with Gasteiger partial charge in [0.1, 0.15) is 6.33 Å². The van der Waals surface area contributed by atoms with Crippen LogP contribution in [0.4, 0.5) is 5.69 Å². The van der Waals surface area contributed by atoms with Crippen LogP contribution in [0.1, 0.15) is 10.4 Å². The molecule has 18 heavy (non-hydrogen) atoms. The molecule has 1 heterocycles. The fourth-order valence-corrected chi connectivity index (χ4v) is 1.68. The molecular formula is C11H8ClN3O3. The van der Waals surface area contributed by atoms with Crippen LogP contribution in [0.3, 0.4) is 0 Å². The van der Waals surface area contributed by atoms with Crippen molar-refractivity contribution >= 4 is 23.2 Å². The summed E-state index contributed by atoms with van der Waals surface area (Å²) in [6.07, 6.45) is 4.23. The molecule has 7 heteroatoms. The minimum absolute atomic E-state index is 0.0795. The number of nitrogens with zero attached hydrogens (tertiary/aromatic N) is 3. The number of nitro benzene ring substituents is 1. The number of imidazole rings is 1. The molecule has 0 bridgehead atoms. The molecule has 1 aromatic heterocycles. The Morgan fingerprint density at radius 2 is 2.28 bits per heavy atom. The molecule has 0 saturated heterocycles. The molecule has 2 aromatic rings. The van der Waals surface area contributed by atoms with E-state index in [0.717, 1.165) is 0 Å². The van der Waals surface area contributed by atoms with E-state index in [9.17, 15) is 14.9 Å². The summed E-state index contributed by atoms with van der Waals surface area (Å²) in [5.41, 5.74) is 0.166. The van der Waals surface area contributed by atoms with Gasteiger partial charge in [-0.3, -0.25) is 19.5 Å². The van der Waals surface area contributed by atoms with Gasteiger partial charge in [0.15, 0.2) is 0 Å². The zero-order chi connectivity index (χ0) is 13.1. The first-order valence-corrected chi connectivity index (χ1v) is 5.39. The van der Waals surface area contributed by atoms with E-state index in [1.54, 1.807) is 0 Å². The van der Waals surface area contributed by atoms with Gasteiger partial charge in [0, 0.05) is 29.0 Å². The molecule has 0 spiro atoms. The number of halogens is 1. The summed E-state index contributed by atoms with van der Waals surface area (Å²) in [5.74, 6) is -0.294. The summed E-state index contributed by atoms with van der Waals surface area (Å²) >= 11 is 5.69. The number of benzene rings is 1. The van der Waals surface area contributed by atoms with Gasteiger partial charge >= 0.3 is 0 Å². The van der Waals surface area contributed by atoms with Crippen LogP contribution in [-0.4, -0.2) is 20.4 Å². The van der Waals surface area contributed by atoms with Gasteiger partial charge in [-0.25, -0.2) is 4.98 Å². The van der Waals surface area contributed by atoms with Crippen molar-refractivity contribution in [3.05, 3.63) is 57.6 Å². The highest BCUT2D eigenvalue weighted by Gasteiger charge is 2.17. The van der Waals surface area contributed by atoms with Crippen molar-refractivity contribution < 1.29 is 9.72 Å². The Hall–Kier alpha value is -2.21. The van der Waals surface area contributed by atoms with Crippen LogP contribution in [-0.2, 0) is 6.42 Å². The maximum absolute atomic E-state index is 11.8. The zero-order valence-corrected chi connectivity index (χ0v) is 9.87. The molecule has 0 fully saturated rings. The number of aromatic nitrogens is 2. The number of nitro groups is 1. The molecular weight excluding hydrogens is 258 g/mol. The molecule has 0 aliphatic heterocycles. The van der Waals surface area contributed by atoms with E-state index >= 15 is 0 Å². The number of hydrogen-bond donors (Lipinski definition) is 0. The molecule has 0 aliphatic rings. The Morgan fingerprint density at radius 1 is 1.50 bits per heavy atom. The van der Waals surface area contributed by atoms with E-state index in [1.807, 2.05) is 0 Å². The van der Waals surface area contributed by atoms with Gasteiger partial charge in [0.25, 0.3) is 5.69 Å². The van der Waals surface area contributed by atoms with Crippen LogP contribution < -0.4 is 0 Å². The maximum Gasteiger partial charge on any atom is 0.274 e. The number of rotatable bonds is 3. The van der Waals surface area contributed by atoms with E-state index in [-0.39, 0.29) is 23.0 Å². The molecule has 0 N–H and O–H groups in total. The largest absolute Gasteiger partial charge is 0.276 e. The lowest BCUT2D eigenvalue weighted by Gasteiger charge is -2.03. The van der Waals surface area contributed by atoms with Crippen LogP contribution >= 0.6 is 11.6 Å². The van der Waals surface area contributed by atoms with Crippen molar-refractivity contribution in [2.24, 2.45) is 0 Å². The predicted molar refractivity (Wildman–Crippen MR) is 64.7 cm³/mol. The first-order chi connectivity index (χ1) is 8.58. The summed E-state index contributed by atoms with van der Waals surface area (Å²) in [6, 6.07) is 4.23. The first-order valence-electron chi connectivity index (χ1n) is 5.02. The standard InChI is InChI=1S/C11H8ClN3O3/c12-9-2-1-8(10(6-9)15(17)18)5-11(16)14-4-3-13-7-14/h1-4,6-7H,5H2. The van der Waals surface area contributed by atoms with Crippen LogP contribution in [0.25, 0.3) is 0 Å². The normalized spacial score (nSPS) is 10.3. The number of carbonyl (C=O) groups is 1.